The van der Waals surface area contributed by atoms with Gasteiger partial charge in [-0.15, -0.1) is 0 Å². The maximum absolute atomic E-state index is 12.3. The Bertz CT molecular complexity index is 925. The zero-order chi connectivity index (χ0) is 19.8. The Morgan fingerprint density at radius 1 is 0.821 bits per heavy atom. The molecule has 0 heterocycles. The average molecular weight is 377 g/mol. The van der Waals surface area contributed by atoms with Gasteiger partial charge in [-0.25, -0.2) is 0 Å². The molecule has 28 heavy (non-hydrogen) atoms. The standard InChI is InChI=1S/C23H23NO4/c1-26-21-13-12-19(15-22(21)27-2)24-23(25)16-28-20-11-7-6-10-18(20)14-17-8-4-3-5-9-17/h3-13,15H,14,16H2,1-2H3,(H,24,25). The van der Waals surface area contributed by atoms with Crippen molar-refractivity contribution in [1.29, 1.82) is 0 Å². The van der Waals surface area contributed by atoms with Crippen molar-refractivity contribution in [3.05, 3.63) is 83.9 Å². The van der Waals surface area contributed by atoms with Gasteiger partial charge in [-0.3, -0.25) is 4.79 Å². The van der Waals surface area contributed by atoms with Crippen LogP contribution in [0.2, 0.25) is 0 Å². The highest BCUT2D eigenvalue weighted by Crippen LogP contribution is 2.29. The van der Waals surface area contributed by atoms with Crippen molar-refractivity contribution in [3.63, 3.8) is 0 Å². The quantitative estimate of drug-likeness (QED) is 0.635. The predicted molar refractivity (Wildman–Crippen MR) is 109 cm³/mol. The number of nitrogens with one attached hydrogen (secondary N) is 1. The van der Waals surface area contributed by atoms with Crippen LogP contribution < -0.4 is 19.5 Å². The SMILES string of the molecule is COc1ccc(NC(=O)COc2ccccc2Cc2ccccc2)cc1OC. The molecule has 0 fully saturated rings. The lowest BCUT2D eigenvalue weighted by atomic mass is 10.0. The van der Waals surface area contributed by atoms with Crippen LogP contribution in [0.3, 0.4) is 0 Å². The fraction of sp³-hybridized carbons (Fsp3) is 0.174. The summed E-state index contributed by atoms with van der Waals surface area (Å²) in [6.07, 6.45) is 0.744. The van der Waals surface area contributed by atoms with E-state index in [1.807, 2.05) is 42.5 Å². The predicted octanol–water partition coefficient (Wildman–Crippen LogP) is 4.31. The molecule has 0 saturated carbocycles. The number of methoxy groups -OCH3 is 2. The lowest BCUT2D eigenvalue weighted by Gasteiger charge is -2.13. The van der Waals surface area contributed by atoms with E-state index in [0.717, 1.165) is 12.0 Å². The second-order valence-electron chi connectivity index (χ2n) is 6.18. The molecule has 144 valence electrons. The number of hydrogen-bond donors (Lipinski definition) is 1. The first kappa shape index (κ1) is 19.3. The highest BCUT2D eigenvalue weighted by molar-refractivity contribution is 5.92. The van der Waals surface area contributed by atoms with Gasteiger partial charge >= 0.3 is 0 Å². The fourth-order valence-corrected chi connectivity index (χ4v) is 2.86. The second kappa shape index (κ2) is 9.46. The van der Waals surface area contributed by atoms with Crippen molar-refractivity contribution in [1.82, 2.24) is 0 Å². The third-order valence-corrected chi connectivity index (χ3v) is 4.24. The minimum atomic E-state index is -0.248. The number of amides is 1. The van der Waals surface area contributed by atoms with Gasteiger partial charge in [0.15, 0.2) is 18.1 Å². The molecule has 0 saturated heterocycles. The van der Waals surface area contributed by atoms with E-state index in [2.05, 4.69) is 17.4 Å². The molecule has 1 amide bonds. The molecule has 3 aromatic carbocycles. The van der Waals surface area contributed by atoms with Gasteiger partial charge in [-0.2, -0.15) is 0 Å². The monoisotopic (exact) mass is 377 g/mol. The van der Waals surface area contributed by atoms with Crippen molar-refractivity contribution in [2.45, 2.75) is 6.42 Å². The Labute approximate surface area is 164 Å². The summed E-state index contributed by atoms with van der Waals surface area (Å²) in [5, 5.41) is 2.81. The van der Waals surface area contributed by atoms with Gasteiger partial charge in [0, 0.05) is 18.2 Å². The van der Waals surface area contributed by atoms with Crippen LogP contribution in [0.25, 0.3) is 0 Å². The summed E-state index contributed by atoms with van der Waals surface area (Å²) in [6.45, 7) is -0.0832. The molecule has 0 aromatic heterocycles. The van der Waals surface area contributed by atoms with E-state index in [-0.39, 0.29) is 12.5 Å². The van der Waals surface area contributed by atoms with Crippen LogP contribution in [-0.2, 0) is 11.2 Å². The summed E-state index contributed by atoms with van der Waals surface area (Å²) in [7, 11) is 3.12. The highest BCUT2D eigenvalue weighted by Gasteiger charge is 2.10. The molecule has 0 bridgehead atoms. The number of para-hydroxylation sites is 1. The van der Waals surface area contributed by atoms with Gasteiger partial charge in [0.1, 0.15) is 5.75 Å². The summed E-state index contributed by atoms with van der Waals surface area (Å²) < 4.78 is 16.2. The number of benzene rings is 3. The van der Waals surface area contributed by atoms with Gasteiger partial charge in [-0.1, -0.05) is 48.5 Å². The first-order valence-electron chi connectivity index (χ1n) is 8.96. The molecule has 0 aliphatic heterocycles. The normalized spacial score (nSPS) is 10.2. The topological polar surface area (TPSA) is 56.8 Å². The fourth-order valence-electron chi connectivity index (χ4n) is 2.86. The molecular formula is C23H23NO4. The van der Waals surface area contributed by atoms with Gasteiger partial charge in [0.25, 0.3) is 5.91 Å². The van der Waals surface area contributed by atoms with Gasteiger partial charge in [0.2, 0.25) is 0 Å². The number of carbonyl (C=O) groups excluding carboxylic acids is 1. The van der Waals surface area contributed by atoms with Crippen LogP contribution in [0.5, 0.6) is 17.2 Å². The molecule has 0 unspecified atom stereocenters. The van der Waals surface area contributed by atoms with E-state index in [4.69, 9.17) is 14.2 Å². The molecular weight excluding hydrogens is 354 g/mol. The van der Waals surface area contributed by atoms with Gasteiger partial charge in [-0.05, 0) is 29.3 Å². The maximum Gasteiger partial charge on any atom is 0.262 e. The summed E-state index contributed by atoms with van der Waals surface area (Å²) in [5.41, 5.74) is 2.84. The zero-order valence-corrected chi connectivity index (χ0v) is 16.0. The Morgan fingerprint density at radius 2 is 1.54 bits per heavy atom. The molecule has 5 heteroatoms. The molecule has 0 aliphatic carbocycles. The highest BCUT2D eigenvalue weighted by atomic mass is 16.5. The molecule has 0 spiro atoms. The van der Waals surface area contributed by atoms with E-state index in [1.54, 1.807) is 32.4 Å². The third-order valence-electron chi connectivity index (χ3n) is 4.24. The summed E-state index contributed by atoms with van der Waals surface area (Å²) in [4.78, 5) is 12.3. The van der Waals surface area contributed by atoms with Crippen LogP contribution in [0, 0.1) is 0 Å². The van der Waals surface area contributed by atoms with Crippen LogP contribution in [-0.4, -0.2) is 26.7 Å². The lowest BCUT2D eigenvalue weighted by Crippen LogP contribution is -2.20. The number of hydrogen-bond acceptors (Lipinski definition) is 4. The first-order chi connectivity index (χ1) is 13.7. The van der Waals surface area contributed by atoms with Crippen LogP contribution in [0.15, 0.2) is 72.8 Å². The second-order valence-corrected chi connectivity index (χ2v) is 6.18. The number of ether oxygens (including phenoxy) is 3. The van der Waals surface area contributed by atoms with Gasteiger partial charge < -0.3 is 19.5 Å². The molecule has 1 N–H and O–H groups in total. The summed E-state index contributed by atoms with van der Waals surface area (Å²) in [6, 6.07) is 23.1. The Morgan fingerprint density at radius 3 is 2.29 bits per heavy atom. The Kier molecular flexibility index (Phi) is 6.52. The maximum atomic E-state index is 12.3. The molecule has 0 aliphatic rings. The van der Waals surface area contributed by atoms with E-state index in [0.29, 0.717) is 22.9 Å². The summed E-state index contributed by atoms with van der Waals surface area (Å²) >= 11 is 0. The minimum Gasteiger partial charge on any atom is -0.493 e. The van der Waals surface area contributed by atoms with E-state index < -0.39 is 0 Å². The van der Waals surface area contributed by atoms with Crippen molar-refractivity contribution >= 4 is 11.6 Å². The Balaban J connectivity index is 1.62. The van der Waals surface area contributed by atoms with Crippen molar-refractivity contribution < 1.29 is 19.0 Å². The smallest absolute Gasteiger partial charge is 0.262 e. The van der Waals surface area contributed by atoms with Crippen molar-refractivity contribution in [3.8, 4) is 17.2 Å². The summed E-state index contributed by atoms with van der Waals surface area (Å²) in [5.74, 6) is 1.61. The van der Waals surface area contributed by atoms with Crippen LogP contribution in [0.4, 0.5) is 5.69 Å². The van der Waals surface area contributed by atoms with Crippen LogP contribution in [0.1, 0.15) is 11.1 Å². The van der Waals surface area contributed by atoms with Gasteiger partial charge in [0.05, 0.1) is 14.2 Å². The third kappa shape index (κ3) is 5.04. The average Bonchev–Trinajstić information content (AvgIpc) is 2.73. The van der Waals surface area contributed by atoms with E-state index >= 15 is 0 Å². The first-order valence-corrected chi connectivity index (χ1v) is 8.96. The largest absolute Gasteiger partial charge is 0.493 e. The Hall–Kier alpha value is -3.47. The number of rotatable bonds is 8. The minimum absolute atomic E-state index is 0.0832. The molecule has 0 radical (unpaired) electrons. The van der Waals surface area contributed by atoms with Crippen LogP contribution >= 0.6 is 0 Å². The molecule has 3 rings (SSSR count). The molecule has 3 aromatic rings. The molecule has 0 atom stereocenters. The van der Waals surface area contributed by atoms with Crippen molar-refractivity contribution in [2.75, 3.05) is 26.1 Å². The van der Waals surface area contributed by atoms with Crippen molar-refractivity contribution in [2.24, 2.45) is 0 Å². The number of anilines is 1. The zero-order valence-electron chi connectivity index (χ0n) is 16.0. The molecule has 5 nitrogen and oxygen atoms in total. The number of carbonyl (C=O) groups is 1. The van der Waals surface area contributed by atoms with E-state index in [1.165, 1.54) is 5.56 Å². The van der Waals surface area contributed by atoms with E-state index in [9.17, 15) is 4.79 Å². The lowest BCUT2D eigenvalue weighted by molar-refractivity contribution is -0.118.